The van der Waals surface area contributed by atoms with E-state index in [1.807, 2.05) is 20.8 Å². The first-order valence-electron chi connectivity index (χ1n) is 5.79. The summed E-state index contributed by atoms with van der Waals surface area (Å²) in [5.41, 5.74) is 5.86. The Morgan fingerprint density at radius 3 is 2.00 bits per heavy atom. The lowest BCUT2D eigenvalue weighted by molar-refractivity contribution is 0.485. The topological polar surface area (TPSA) is 29.3 Å². The van der Waals surface area contributed by atoms with Crippen molar-refractivity contribution >= 4 is 5.69 Å². The first-order chi connectivity index (χ1) is 7.88. The fraction of sp³-hybridized carbons (Fsp3) is 0.538. The maximum atomic E-state index is 13.8. The number of benzene rings is 1. The molecule has 0 saturated carbocycles. The van der Waals surface area contributed by atoms with Gasteiger partial charge < -0.3 is 10.6 Å². The Morgan fingerprint density at radius 1 is 1.18 bits per heavy atom. The Hall–Kier alpha value is -1.16. The van der Waals surface area contributed by atoms with E-state index >= 15 is 0 Å². The maximum absolute atomic E-state index is 13.8. The van der Waals surface area contributed by atoms with Gasteiger partial charge in [-0.15, -0.1) is 0 Å². The number of nitrogens with zero attached hydrogens (tertiary/aromatic N) is 1. The van der Waals surface area contributed by atoms with E-state index in [0.717, 1.165) is 0 Å². The number of halogens is 2. The number of nitrogens with two attached hydrogens (primary N) is 1. The lowest BCUT2D eigenvalue weighted by Crippen LogP contribution is -2.34. The maximum Gasteiger partial charge on any atom is 0.149 e. The Bertz CT molecular complexity index is 368. The van der Waals surface area contributed by atoms with E-state index in [9.17, 15) is 8.78 Å². The van der Waals surface area contributed by atoms with E-state index in [4.69, 9.17) is 5.73 Å². The first kappa shape index (κ1) is 13.9. The highest BCUT2D eigenvalue weighted by Gasteiger charge is 2.20. The highest BCUT2D eigenvalue weighted by Crippen LogP contribution is 2.27. The zero-order valence-corrected chi connectivity index (χ0v) is 10.8. The minimum Gasteiger partial charge on any atom is -0.367 e. The average molecular weight is 242 g/mol. The molecule has 0 aromatic heterocycles. The Balaban J connectivity index is 3.14. The lowest BCUT2D eigenvalue weighted by atomic mass is 10.0. The molecule has 17 heavy (non-hydrogen) atoms. The molecule has 0 fully saturated rings. The highest BCUT2D eigenvalue weighted by atomic mass is 19.1. The van der Waals surface area contributed by atoms with Crippen molar-refractivity contribution in [3.05, 3.63) is 29.3 Å². The van der Waals surface area contributed by atoms with Gasteiger partial charge in [0.05, 0.1) is 0 Å². The normalized spacial score (nSPS) is 12.9. The van der Waals surface area contributed by atoms with Crippen LogP contribution in [0.1, 0.15) is 26.3 Å². The summed E-state index contributed by atoms with van der Waals surface area (Å²) in [5.74, 6) is -0.797. The van der Waals surface area contributed by atoms with E-state index in [-0.39, 0.29) is 18.3 Å². The van der Waals surface area contributed by atoms with Crippen LogP contribution >= 0.6 is 0 Å². The predicted octanol–water partition coefficient (Wildman–Crippen LogP) is 2.90. The number of rotatable bonds is 4. The molecule has 0 aliphatic heterocycles. The van der Waals surface area contributed by atoms with Crippen molar-refractivity contribution in [3.8, 4) is 0 Å². The number of anilines is 1. The fourth-order valence-electron chi connectivity index (χ4n) is 1.72. The van der Waals surface area contributed by atoms with Gasteiger partial charge in [-0.2, -0.15) is 0 Å². The van der Waals surface area contributed by atoms with Crippen LogP contribution in [0.4, 0.5) is 14.5 Å². The van der Waals surface area contributed by atoms with E-state index in [2.05, 4.69) is 0 Å². The molecule has 0 aliphatic rings. The van der Waals surface area contributed by atoms with Crippen molar-refractivity contribution < 1.29 is 8.78 Å². The minimum atomic E-state index is -0.555. The van der Waals surface area contributed by atoms with Crippen LogP contribution in [0.25, 0.3) is 0 Å². The van der Waals surface area contributed by atoms with Crippen LogP contribution in [0.15, 0.2) is 12.1 Å². The monoisotopic (exact) mass is 242 g/mol. The largest absolute Gasteiger partial charge is 0.367 e. The molecule has 1 aromatic carbocycles. The zero-order chi connectivity index (χ0) is 13.2. The van der Waals surface area contributed by atoms with Crippen LogP contribution in [0, 0.1) is 17.6 Å². The van der Waals surface area contributed by atoms with Crippen LogP contribution in [-0.2, 0) is 6.54 Å². The summed E-state index contributed by atoms with van der Waals surface area (Å²) in [4.78, 5) is 1.63. The van der Waals surface area contributed by atoms with Crippen LogP contribution in [0.5, 0.6) is 0 Å². The summed E-state index contributed by atoms with van der Waals surface area (Å²) in [6.07, 6.45) is 0. The molecule has 1 aromatic rings. The summed E-state index contributed by atoms with van der Waals surface area (Å²) < 4.78 is 27.7. The smallest absolute Gasteiger partial charge is 0.149 e. The molecular weight excluding hydrogens is 222 g/mol. The van der Waals surface area contributed by atoms with E-state index in [1.54, 1.807) is 11.9 Å². The van der Waals surface area contributed by atoms with Crippen LogP contribution in [0.2, 0.25) is 0 Å². The molecule has 0 spiro atoms. The van der Waals surface area contributed by atoms with Crippen LogP contribution in [0.3, 0.4) is 0 Å². The molecule has 1 atom stereocenters. The SMILES string of the molecule is CC(C)C(C)N(C)c1c(F)cc(CN)cc1F. The second-order valence-corrected chi connectivity index (χ2v) is 4.71. The van der Waals surface area contributed by atoms with Gasteiger partial charge in [0.2, 0.25) is 0 Å². The van der Waals surface area contributed by atoms with Crippen molar-refractivity contribution in [2.45, 2.75) is 33.4 Å². The number of hydrogen-bond donors (Lipinski definition) is 1. The fourth-order valence-corrected chi connectivity index (χ4v) is 1.72. The molecule has 0 aliphatic carbocycles. The molecule has 0 bridgehead atoms. The molecule has 0 saturated heterocycles. The second kappa shape index (κ2) is 5.45. The van der Waals surface area contributed by atoms with Crippen molar-refractivity contribution in [2.24, 2.45) is 11.7 Å². The van der Waals surface area contributed by atoms with Crippen LogP contribution in [-0.4, -0.2) is 13.1 Å². The third kappa shape index (κ3) is 2.94. The van der Waals surface area contributed by atoms with E-state index in [0.29, 0.717) is 11.5 Å². The van der Waals surface area contributed by atoms with Crippen molar-refractivity contribution in [2.75, 3.05) is 11.9 Å². The summed E-state index contributed by atoms with van der Waals surface area (Å²) in [6.45, 7) is 6.12. The van der Waals surface area contributed by atoms with Gasteiger partial charge in [-0.05, 0) is 30.5 Å². The average Bonchev–Trinajstić information content (AvgIpc) is 2.26. The van der Waals surface area contributed by atoms with Gasteiger partial charge in [0.15, 0.2) is 0 Å². The van der Waals surface area contributed by atoms with Gasteiger partial charge in [0, 0.05) is 19.6 Å². The van der Waals surface area contributed by atoms with Crippen molar-refractivity contribution in [1.82, 2.24) is 0 Å². The van der Waals surface area contributed by atoms with Gasteiger partial charge in [0.1, 0.15) is 17.3 Å². The minimum absolute atomic E-state index is 0.0170. The van der Waals surface area contributed by atoms with Gasteiger partial charge in [-0.25, -0.2) is 8.78 Å². The first-order valence-corrected chi connectivity index (χ1v) is 5.79. The Labute approximate surface area is 101 Å². The quantitative estimate of drug-likeness (QED) is 0.879. The second-order valence-electron chi connectivity index (χ2n) is 4.71. The zero-order valence-electron chi connectivity index (χ0n) is 10.8. The third-order valence-electron chi connectivity index (χ3n) is 3.24. The third-order valence-corrected chi connectivity index (χ3v) is 3.24. The highest BCUT2D eigenvalue weighted by molar-refractivity contribution is 5.51. The molecule has 0 radical (unpaired) electrons. The molecule has 2 N–H and O–H groups in total. The van der Waals surface area contributed by atoms with Gasteiger partial charge in [-0.1, -0.05) is 13.8 Å². The van der Waals surface area contributed by atoms with E-state index in [1.165, 1.54) is 12.1 Å². The summed E-state index contributed by atoms with van der Waals surface area (Å²) in [6, 6.07) is 2.65. The molecule has 0 amide bonds. The summed E-state index contributed by atoms with van der Waals surface area (Å²) in [7, 11) is 1.70. The summed E-state index contributed by atoms with van der Waals surface area (Å²) >= 11 is 0. The van der Waals surface area contributed by atoms with Gasteiger partial charge in [0.25, 0.3) is 0 Å². The number of hydrogen-bond acceptors (Lipinski definition) is 2. The molecule has 0 heterocycles. The van der Waals surface area contributed by atoms with Crippen LogP contribution < -0.4 is 10.6 Å². The predicted molar refractivity (Wildman–Crippen MR) is 67.0 cm³/mol. The molecule has 1 rings (SSSR count). The van der Waals surface area contributed by atoms with Gasteiger partial charge in [-0.3, -0.25) is 0 Å². The Morgan fingerprint density at radius 2 is 1.65 bits per heavy atom. The van der Waals surface area contributed by atoms with Gasteiger partial charge >= 0.3 is 0 Å². The molecule has 2 nitrogen and oxygen atoms in total. The molecule has 4 heteroatoms. The molecular formula is C13H20F2N2. The molecule has 96 valence electrons. The summed E-state index contributed by atoms with van der Waals surface area (Å²) in [5, 5.41) is 0. The van der Waals surface area contributed by atoms with E-state index < -0.39 is 11.6 Å². The van der Waals surface area contributed by atoms with Crippen molar-refractivity contribution in [1.29, 1.82) is 0 Å². The molecule has 1 unspecified atom stereocenters. The van der Waals surface area contributed by atoms with Crippen molar-refractivity contribution in [3.63, 3.8) is 0 Å². The standard InChI is InChI=1S/C13H20F2N2/c1-8(2)9(3)17(4)13-11(14)5-10(7-16)6-12(13)15/h5-6,8-9H,7,16H2,1-4H3. The lowest BCUT2D eigenvalue weighted by Gasteiger charge is -2.30. The Kier molecular flexibility index (Phi) is 4.46.